The highest BCUT2D eigenvalue weighted by atomic mass is 16.7. The van der Waals surface area contributed by atoms with Crippen LogP contribution in [-0.4, -0.2) is 19.4 Å². The largest absolute Gasteiger partial charge is 0.508 e. The van der Waals surface area contributed by atoms with Gasteiger partial charge in [-0.1, -0.05) is 90.7 Å². The van der Waals surface area contributed by atoms with Crippen LogP contribution in [0, 0.1) is 5.92 Å². The summed E-state index contributed by atoms with van der Waals surface area (Å²) in [5, 5.41) is 0. The van der Waals surface area contributed by atoms with E-state index in [1.54, 1.807) is 0 Å². The maximum Gasteiger partial charge on any atom is 0.508 e. The fourth-order valence-corrected chi connectivity index (χ4v) is 2.81. The van der Waals surface area contributed by atoms with Gasteiger partial charge in [-0.05, 0) is 38.0 Å². The lowest BCUT2D eigenvalue weighted by Gasteiger charge is -2.07. The van der Waals surface area contributed by atoms with E-state index in [0.29, 0.717) is 13.2 Å². The Morgan fingerprint density at radius 2 is 1.23 bits per heavy atom. The smallest absolute Gasteiger partial charge is 0.434 e. The van der Waals surface area contributed by atoms with E-state index in [1.807, 2.05) is 0 Å². The highest BCUT2D eigenvalue weighted by molar-refractivity contribution is 5.59. The average molecular weight is 369 g/mol. The molecule has 0 aromatic carbocycles. The van der Waals surface area contributed by atoms with E-state index in [4.69, 9.17) is 9.47 Å². The lowest BCUT2D eigenvalue weighted by atomic mass is 10.1. The van der Waals surface area contributed by atoms with Gasteiger partial charge >= 0.3 is 6.16 Å². The zero-order chi connectivity index (χ0) is 19.3. The summed E-state index contributed by atoms with van der Waals surface area (Å²) >= 11 is 0. The first-order valence-corrected chi connectivity index (χ1v) is 11.1. The fourth-order valence-electron chi connectivity index (χ4n) is 2.81. The molecule has 0 amide bonds. The summed E-state index contributed by atoms with van der Waals surface area (Å²) in [6.45, 7) is 7.69. The van der Waals surface area contributed by atoms with E-state index >= 15 is 0 Å². The van der Waals surface area contributed by atoms with Crippen LogP contribution in [0.1, 0.15) is 111 Å². The molecule has 0 aliphatic rings. The Morgan fingerprint density at radius 1 is 0.731 bits per heavy atom. The lowest BCUT2D eigenvalue weighted by molar-refractivity contribution is 0.0528. The number of carbonyl (C=O) groups excluding carboxylic acids is 1. The Bertz CT molecular complexity index is 323. The molecule has 3 nitrogen and oxygen atoms in total. The predicted octanol–water partition coefficient (Wildman–Crippen LogP) is 7.83. The standard InChI is InChI=1S/C23H44O3/c1-4-5-6-7-8-9-10-11-12-13-14-17-20-25-23(24)26-21-18-15-16-19-22(2)3/h7-8,22H,4-6,9-21H2,1-3H3. The molecule has 3 heteroatoms. The van der Waals surface area contributed by atoms with Gasteiger partial charge in [-0.3, -0.25) is 0 Å². The van der Waals surface area contributed by atoms with Crippen molar-refractivity contribution in [1.82, 2.24) is 0 Å². The van der Waals surface area contributed by atoms with Crippen molar-refractivity contribution >= 4 is 6.16 Å². The third kappa shape index (κ3) is 21.1. The molecule has 0 unspecified atom stereocenters. The molecule has 0 bridgehead atoms. The first-order valence-electron chi connectivity index (χ1n) is 11.1. The van der Waals surface area contributed by atoms with Crippen molar-refractivity contribution in [1.29, 1.82) is 0 Å². The van der Waals surface area contributed by atoms with Crippen molar-refractivity contribution < 1.29 is 14.3 Å². The number of ether oxygens (including phenoxy) is 2. The van der Waals surface area contributed by atoms with Crippen molar-refractivity contribution in [3.05, 3.63) is 12.2 Å². The predicted molar refractivity (Wildman–Crippen MR) is 112 cm³/mol. The first kappa shape index (κ1) is 25.0. The minimum Gasteiger partial charge on any atom is -0.434 e. The Morgan fingerprint density at radius 3 is 1.81 bits per heavy atom. The maximum atomic E-state index is 11.4. The Balaban J connectivity index is 3.20. The minimum atomic E-state index is -0.497. The number of unbranched alkanes of at least 4 members (excludes halogenated alkanes) is 10. The number of allylic oxidation sites excluding steroid dienone is 2. The number of hydrogen-bond acceptors (Lipinski definition) is 3. The van der Waals surface area contributed by atoms with Gasteiger partial charge in [-0.2, -0.15) is 0 Å². The minimum absolute atomic E-state index is 0.490. The molecule has 0 aromatic rings. The van der Waals surface area contributed by atoms with Crippen LogP contribution >= 0.6 is 0 Å². The second kappa shape index (κ2) is 20.3. The number of rotatable bonds is 18. The van der Waals surface area contributed by atoms with Gasteiger partial charge in [-0.15, -0.1) is 0 Å². The molecule has 0 spiro atoms. The quantitative estimate of drug-likeness (QED) is 0.140. The molecule has 0 aliphatic carbocycles. The van der Waals surface area contributed by atoms with Gasteiger partial charge in [0.25, 0.3) is 0 Å². The topological polar surface area (TPSA) is 35.5 Å². The molecule has 0 aliphatic heterocycles. The second-order valence-corrected chi connectivity index (χ2v) is 7.71. The molecular formula is C23H44O3. The van der Waals surface area contributed by atoms with E-state index < -0.39 is 6.16 Å². The summed E-state index contributed by atoms with van der Waals surface area (Å²) in [7, 11) is 0. The first-order chi connectivity index (χ1) is 12.7. The van der Waals surface area contributed by atoms with Crippen molar-refractivity contribution in [2.45, 2.75) is 111 Å². The zero-order valence-electron chi connectivity index (χ0n) is 17.8. The van der Waals surface area contributed by atoms with Crippen LogP contribution in [-0.2, 0) is 9.47 Å². The summed E-state index contributed by atoms with van der Waals surface area (Å²) < 4.78 is 10.2. The molecule has 0 fully saturated rings. The van der Waals surface area contributed by atoms with E-state index in [-0.39, 0.29) is 0 Å². The van der Waals surface area contributed by atoms with Crippen molar-refractivity contribution in [2.24, 2.45) is 5.92 Å². The fraction of sp³-hybridized carbons (Fsp3) is 0.870. The highest BCUT2D eigenvalue weighted by Crippen LogP contribution is 2.09. The molecular weight excluding hydrogens is 324 g/mol. The molecule has 0 saturated heterocycles. The Kier molecular flexibility index (Phi) is 19.5. The van der Waals surface area contributed by atoms with Gasteiger partial charge in [0, 0.05) is 0 Å². The van der Waals surface area contributed by atoms with E-state index in [2.05, 4.69) is 32.9 Å². The summed E-state index contributed by atoms with van der Waals surface area (Å²) in [4.78, 5) is 11.4. The van der Waals surface area contributed by atoms with E-state index in [9.17, 15) is 4.79 Å². The molecule has 0 atom stereocenters. The van der Waals surface area contributed by atoms with Crippen molar-refractivity contribution in [3.63, 3.8) is 0 Å². The molecule has 0 rings (SSSR count). The molecule has 0 heterocycles. The maximum absolute atomic E-state index is 11.4. The number of hydrogen-bond donors (Lipinski definition) is 0. The summed E-state index contributed by atoms with van der Waals surface area (Å²) in [5.74, 6) is 0.758. The van der Waals surface area contributed by atoms with Crippen molar-refractivity contribution in [3.8, 4) is 0 Å². The zero-order valence-corrected chi connectivity index (χ0v) is 17.8. The summed E-state index contributed by atoms with van der Waals surface area (Å²) in [6, 6.07) is 0. The molecule has 0 saturated carbocycles. The molecule has 0 N–H and O–H groups in total. The van der Waals surface area contributed by atoms with Crippen molar-refractivity contribution in [2.75, 3.05) is 13.2 Å². The lowest BCUT2D eigenvalue weighted by Crippen LogP contribution is -2.09. The van der Waals surface area contributed by atoms with Crippen LogP contribution in [0.5, 0.6) is 0 Å². The monoisotopic (exact) mass is 368 g/mol. The van der Waals surface area contributed by atoms with Crippen LogP contribution < -0.4 is 0 Å². The van der Waals surface area contributed by atoms with Gasteiger partial charge in [-0.25, -0.2) is 4.79 Å². The molecule has 0 radical (unpaired) electrons. The summed E-state index contributed by atoms with van der Waals surface area (Å²) in [6.07, 6.45) is 20.9. The van der Waals surface area contributed by atoms with E-state index in [0.717, 1.165) is 31.6 Å². The van der Waals surface area contributed by atoms with Crippen LogP contribution in [0.4, 0.5) is 4.79 Å². The number of carbonyl (C=O) groups is 1. The second-order valence-electron chi connectivity index (χ2n) is 7.71. The SMILES string of the molecule is CCCCC=CCCCCCCCCOC(=O)OCCCCCC(C)C. The molecule has 154 valence electrons. The van der Waals surface area contributed by atoms with Crippen LogP contribution in [0.15, 0.2) is 12.2 Å². The van der Waals surface area contributed by atoms with Gasteiger partial charge in [0.15, 0.2) is 0 Å². The van der Waals surface area contributed by atoms with Crippen LogP contribution in [0.3, 0.4) is 0 Å². The summed E-state index contributed by atoms with van der Waals surface area (Å²) in [5.41, 5.74) is 0. The molecule has 0 aromatic heterocycles. The van der Waals surface area contributed by atoms with E-state index in [1.165, 1.54) is 64.2 Å². The van der Waals surface area contributed by atoms with Crippen LogP contribution in [0.25, 0.3) is 0 Å². The highest BCUT2D eigenvalue weighted by Gasteiger charge is 2.03. The van der Waals surface area contributed by atoms with Gasteiger partial charge in [0.1, 0.15) is 0 Å². The van der Waals surface area contributed by atoms with Gasteiger partial charge < -0.3 is 9.47 Å². The normalized spacial score (nSPS) is 11.4. The van der Waals surface area contributed by atoms with Gasteiger partial charge in [0.05, 0.1) is 13.2 Å². The molecule has 26 heavy (non-hydrogen) atoms. The Hall–Kier alpha value is -0.990. The third-order valence-corrected chi connectivity index (χ3v) is 4.52. The Labute approximate surface area is 162 Å². The average Bonchev–Trinajstić information content (AvgIpc) is 2.61. The van der Waals surface area contributed by atoms with Crippen LogP contribution in [0.2, 0.25) is 0 Å². The third-order valence-electron chi connectivity index (χ3n) is 4.52. The van der Waals surface area contributed by atoms with Gasteiger partial charge in [0.2, 0.25) is 0 Å².